The van der Waals surface area contributed by atoms with Crippen LogP contribution in [0.3, 0.4) is 0 Å². The number of rotatable bonds is 5. The minimum Gasteiger partial charge on any atom is -0.495 e. The van der Waals surface area contributed by atoms with E-state index >= 15 is 0 Å². The van der Waals surface area contributed by atoms with Gasteiger partial charge in [-0.3, -0.25) is 0 Å². The second-order valence-corrected chi connectivity index (χ2v) is 8.06. The maximum Gasteiger partial charge on any atom is 0.244 e. The summed E-state index contributed by atoms with van der Waals surface area (Å²) in [5.74, 6) is 0.00891. The van der Waals surface area contributed by atoms with Gasteiger partial charge in [-0.1, -0.05) is 12.1 Å². The third-order valence-electron chi connectivity index (χ3n) is 4.62. The number of sulfonamides is 1. The second kappa shape index (κ2) is 7.14. The zero-order valence-corrected chi connectivity index (χ0v) is 15.2. The monoisotopic (exact) mass is 363 g/mol. The molecule has 3 rings (SSSR count). The number of methoxy groups -OCH3 is 1. The van der Waals surface area contributed by atoms with E-state index in [2.05, 4.69) is 4.72 Å². The average Bonchev–Trinajstić information content (AvgIpc) is 2.60. The smallest absolute Gasteiger partial charge is 0.244 e. The summed E-state index contributed by atoms with van der Waals surface area (Å²) >= 11 is 0. The van der Waals surface area contributed by atoms with Crippen LogP contribution in [0.1, 0.15) is 42.5 Å². The number of fused-ring (bicyclic) bond motifs is 1. The van der Waals surface area contributed by atoms with Gasteiger partial charge in [0.05, 0.1) is 7.11 Å². The lowest BCUT2D eigenvalue weighted by Gasteiger charge is -2.21. The summed E-state index contributed by atoms with van der Waals surface area (Å²) in [5, 5.41) is 0. The van der Waals surface area contributed by atoms with Crippen molar-refractivity contribution in [1.82, 2.24) is 4.72 Å². The molecule has 0 aromatic heterocycles. The Bertz CT molecular complexity index is 863. The van der Waals surface area contributed by atoms with Crippen LogP contribution in [0.15, 0.2) is 41.3 Å². The fourth-order valence-electron chi connectivity index (χ4n) is 3.23. The molecule has 0 unspecified atom stereocenters. The van der Waals surface area contributed by atoms with Crippen LogP contribution in [0.4, 0.5) is 4.39 Å². The normalized spacial score (nSPS) is 15.5. The fraction of sp³-hybridized carbons (Fsp3) is 0.368. The SMILES string of the molecule is COc1cc2c(cc1S(=O)(=O)N[C@H](C)c1ccc(F)cc1)CCCC2. The van der Waals surface area contributed by atoms with Crippen molar-refractivity contribution in [1.29, 1.82) is 0 Å². The lowest BCUT2D eigenvalue weighted by Crippen LogP contribution is -2.27. The Kier molecular flexibility index (Phi) is 5.11. The van der Waals surface area contributed by atoms with Crippen LogP contribution in [-0.4, -0.2) is 15.5 Å². The van der Waals surface area contributed by atoms with Gasteiger partial charge >= 0.3 is 0 Å². The van der Waals surface area contributed by atoms with Gasteiger partial charge in [0.1, 0.15) is 16.5 Å². The molecule has 0 saturated heterocycles. The predicted molar refractivity (Wildman–Crippen MR) is 94.8 cm³/mol. The van der Waals surface area contributed by atoms with E-state index < -0.39 is 16.1 Å². The van der Waals surface area contributed by atoms with E-state index in [0.717, 1.165) is 36.8 Å². The fourth-order valence-corrected chi connectivity index (χ4v) is 4.66. The molecule has 25 heavy (non-hydrogen) atoms. The Morgan fingerprint density at radius 1 is 1.08 bits per heavy atom. The lowest BCUT2D eigenvalue weighted by molar-refractivity contribution is 0.400. The summed E-state index contributed by atoms with van der Waals surface area (Å²) < 4.78 is 46.8. The van der Waals surface area contributed by atoms with Gasteiger partial charge in [-0.2, -0.15) is 0 Å². The largest absolute Gasteiger partial charge is 0.495 e. The van der Waals surface area contributed by atoms with Crippen LogP contribution in [0.5, 0.6) is 5.75 Å². The van der Waals surface area contributed by atoms with Crippen LogP contribution in [0.25, 0.3) is 0 Å². The zero-order valence-electron chi connectivity index (χ0n) is 14.4. The number of hydrogen-bond acceptors (Lipinski definition) is 3. The van der Waals surface area contributed by atoms with E-state index in [1.807, 2.05) is 6.07 Å². The molecule has 2 aromatic rings. The molecular formula is C19H22FNO3S. The number of hydrogen-bond donors (Lipinski definition) is 1. The molecule has 0 spiro atoms. The molecule has 0 radical (unpaired) electrons. The summed E-state index contributed by atoms with van der Waals surface area (Å²) in [7, 11) is -2.28. The molecule has 0 saturated carbocycles. The Morgan fingerprint density at radius 3 is 2.28 bits per heavy atom. The van der Waals surface area contributed by atoms with Gasteiger partial charge in [-0.15, -0.1) is 0 Å². The molecule has 1 atom stereocenters. The topological polar surface area (TPSA) is 55.4 Å². The maximum atomic E-state index is 13.1. The highest BCUT2D eigenvalue weighted by molar-refractivity contribution is 7.89. The lowest BCUT2D eigenvalue weighted by atomic mass is 9.92. The minimum absolute atomic E-state index is 0.157. The molecule has 6 heteroatoms. The van der Waals surface area contributed by atoms with Crippen molar-refractivity contribution in [3.63, 3.8) is 0 Å². The minimum atomic E-state index is -3.76. The number of aryl methyl sites for hydroxylation is 2. The molecule has 1 N–H and O–H groups in total. The molecule has 2 aromatic carbocycles. The first-order valence-electron chi connectivity index (χ1n) is 8.38. The Labute approximate surface area is 148 Å². The molecular weight excluding hydrogens is 341 g/mol. The summed E-state index contributed by atoms with van der Waals surface area (Å²) in [5.41, 5.74) is 2.93. The van der Waals surface area contributed by atoms with E-state index in [-0.39, 0.29) is 10.7 Å². The standard InChI is InChI=1S/C19H22FNO3S/c1-13(14-7-9-17(20)10-8-14)21-25(22,23)19-12-16-6-4-3-5-15(16)11-18(19)24-2/h7-13,21H,3-6H2,1-2H3/t13-/m1/s1. The van der Waals surface area contributed by atoms with Crippen LogP contribution in [-0.2, 0) is 22.9 Å². The zero-order chi connectivity index (χ0) is 18.0. The van der Waals surface area contributed by atoms with Crippen LogP contribution in [0, 0.1) is 5.82 Å². The van der Waals surface area contributed by atoms with E-state index in [1.54, 1.807) is 25.1 Å². The van der Waals surface area contributed by atoms with Gasteiger partial charge < -0.3 is 4.74 Å². The van der Waals surface area contributed by atoms with Gasteiger partial charge in [0, 0.05) is 6.04 Å². The summed E-state index contributed by atoms with van der Waals surface area (Å²) in [6.45, 7) is 1.73. The molecule has 1 aliphatic carbocycles. The van der Waals surface area contributed by atoms with Gasteiger partial charge in [0.2, 0.25) is 10.0 Å². The highest BCUT2D eigenvalue weighted by atomic mass is 32.2. The number of ether oxygens (including phenoxy) is 1. The molecule has 134 valence electrons. The Morgan fingerprint density at radius 2 is 1.68 bits per heavy atom. The van der Waals surface area contributed by atoms with Crippen LogP contribution >= 0.6 is 0 Å². The first-order valence-corrected chi connectivity index (χ1v) is 9.86. The summed E-state index contributed by atoms with van der Waals surface area (Å²) in [4.78, 5) is 0.157. The third-order valence-corrected chi connectivity index (χ3v) is 6.18. The van der Waals surface area contributed by atoms with Crippen LogP contribution in [0.2, 0.25) is 0 Å². The number of halogens is 1. The highest BCUT2D eigenvalue weighted by Gasteiger charge is 2.25. The second-order valence-electron chi connectivity index (χ2n) is 6.37. The van der Waals surface area contributed by atoms with Crippen molar-refractivity contribution >= 4 is 10.0 Å². The van der Waals surface area contributed by atoms with Crippen molar-refractivity contribution in [3.05, 3.63) is 58.9 Å². The molecule has 0 heterocycles. The first kappa shape index (κ1) is 17.9. The molecule has 0 amide bonds. The molecule has 1 aliphatic rings. The molecule has 0 fully saturated rings. The molecule has 0 bridgehead atoms. The summed E-state index contributed by atoms with van der Waals surface area (Å²) in [6, 6.07) is 8.88. The van der Waals surface area contributed by atoms with Crippen molar-refractivity contribution in [2.45, 2.75) is 43.5 Å². The van der Waals surface area contributed by atoms with Gasteiger partial charge in [-0.25, -0.2) is 17.5 Å². The van der Waals surface area contributed by atoms with Crippen molar-refractivity contribution in [2.24, 2.45) is 0 Å². The molecule has 0 aliphatic heterocycles. The van der Waals surface area contributed by atoms with E-state index in [0.29, 0.717) is 11.3 Å². The predicted octanol–water partition coefficient (Wildman–Crippen LogP) is 3.75. The maximum absolute atomic E-state index is 13.1. The molecule has 4 nitrogen and oxygen atoms in total. The number of benzene rings is 2. The van der Waals surface area contributed by atoms with Gasteiger partial charge in [-0.05, 0) is 73.6 Å². The van der Waals surface area contributed by atoms with Crippen molar-refractivity contribution in [2.75, 3.05) is 7.11 Å². The van der Waals surface area contributed by atoms with Gasteiger partial charge in [0.25, 0.3) is 0 Å². The Balaban J connectivity index is 1.92. The van der Waals surface area contributed by atoms with Crippen molar-refractivity contribution < 1.29 is 17.5 Å². The third kappa shape index (κ3) is 3.85. The van der Waals surface area contributed by atoms with E-state index in [1.165, 1.54) is 19.2 Å². The van der Waals surface area contributed by atoms with E-state index in [9.17, 15) is 12.8 Å². The quantitative estimate of drug-likeness (QED) is 0.880. The van der Waals surface area contributed by atoms with E-state index in [4.69, 9.17) is 4.74 Å². The highest BCUT2D eigenvalue weighted by Crippen LogP contribution is 2.32. The summed E-state index contributed by atoms with van der Waals surface area (Å²) in [6.07, 6.45) is 4.02. The van der Waals surface area contributed by atoms with Gasteiger partial charge in [0.15, 0.2) is 0 Å². The average molecular weight is 363 g/mol. The number of nitrogens with one attached hydrogen (secondary N) is 1. The first-order chi connectivity index (χ1) is 11.9. The van der Waals surface area contributed by atoms with Crippen molar-refractivity contribution in [3.8, 4) is 5.75 Å². The van der Waals surface area contributed by atoms with Crippen LogP contribution < -0.4 is 9.46 Å². The Hall–Kier alpha value is -1.92.